The Kier molecular flexibility index (Phi) is 7.25. The largest absolute Gasteiger partial charge is 0.447 e. The van der Waals surface area contributed by atoms with Crippen LogP contribution in [0, 0.1) is 9.49 Å². The number of aliphatic hydroxyl groups is 1. The Bertz CT molecular complexity index is 952. The van der Waals surface area contributed by atoms with Crippen LogP contribution in [0.5, 0.6) is 0 Å². The Labute approximate surface area is 191 Å². The number of nitrogens with zero attached hydrogens (tertiary/aromatic N) is 1. The van der Waals surface area contributed by atoms with Gasteiger partial charge in [0.1, 0.15) is 6.61 Å². The van der Waals surface area contributed by atoms with E-state index in [0.717, 1.165) is 22.6 Å². The highest BCUT2D eigenvalue weighted by atomic mass is 127. The van der Waals surface area contributed by atoms with Crippen LogP contribution in [0.1, 0.15) is 36.1 Å². The second-order valence-corrected chi connectivity index (χ2v) is 8.48. The Morgan fingerprint density at radius 1 is 1.26 bits per heavy atom. The lowest BCUT2D eigenvalue weighted by Crippen LogP contribution is -2.45. The maximum absolute atomic E-state index is 13.2. The van der Waals surface area contributed by atoms with Crippen molar-refractivity contribution in [2.75, 3.05) is 6.61 Å². The van der Waals surface area contributed by atoms with Crippen molar-refractivity contribution < 1.29 is 32.6 Å². The summed E-state index contributed by atoms with van der Waals surface area (Å²) in [5.41, 5.74) is -0.000716. The van der Waals surface area contributed by atoms with E-state index < -0.39 is 41.8 Å². The van der Waals surface area contributed by atoms with Gasteiger partial charge < -0.3 is 9.84 Å². The highest BCUT2D eigenvalue weighted by Crippen LogP contribution is 2.36. The average Bonchev–Trinajstić information content (AvgIpc) is 3.08. The fourth-order valence-electron chi connectivity index (χ4n) is 3.64. The van der Waals surface area contributed by atoms with Gasteiger partial charge in [0.05, 0.1) is 23.6 Å². The smallest absolute Gasteiger partial charge is 0.416 e. The van der Waals surface area contributed by atoms with E-state index in [1.807, 2.05) is 52.9 Å². The van der Waals surface area contributed by atoms with Crippen LogP contribution in [0.2, 0.25) is 0 Å². The highest BCUT2D eigenvalue weighted by Gasteiger charge is 2.43. The number of carbonyl (C=O) groups is 2. The molecule has 166 valence electrons. The number of carbonyl (C=O) groups excluding carboxylic acids is 2. The molecule has 9 heteroatoms. The van der Waals surface area contributed by atoms with Crippen molar-refractivity contribution in [2.24, 2.45) is 5.92 Å². The number of rotatable bonds is 6. The lowest BCUT2D eigenvalue weighted by atomic mass is 9.90. The van der Waals surface area contributed by atoms with E-state index in [1.165, 1.54) is 6.07 Å². The number of benzene rings is 2. The number of imide groups is 1. The average molecular weight is 547 g/mol. The van der Waals surface area contributed by atoms with Crippen molar-refractivity contribution >= 4 is 34.6 Å². The summed E-state index contributed by atoms with van der Waals surface area (Å²) in [5.74, 6) is -1.76. The van der Waals surface area contributed by atoms with Gasteiger partial charge in [-0.1, -0.05) is 37.3 Å². The molecule has 3 rings (SSSR count). The number of hydrogen-bond acceptors (Lipinski definition) is 4. The van der Waals surface area contributed by atoms with E-state index in [4.69, 9.17) is 4.74 Å². The van der Waals surface area contributed by atoms with Crippen molar-refractivity contribution in [2.45, 2.75) is 38.1 Å². The van der Waals surface area contributed by atoms with E-state index in [0.29, 0.717) is 9.99 Å². The van der Waals surface area contributed by atoms with E-state index >= 15 is 0 Å². The molecule has 1 N–H and O–H groups in total. The minimum absolute atomic E-state index is 0.00259. The summed E-state index contributed by atoms with van der Waals surface area (Å²) in [6.07, 6.45) is -6.38. The summed E-state index contributed by atoms with van der Waals surface area (Å²) >= 11 is 1.82. The molecule has 0 radical (unpaired) electrons. The summed E-state index contributed by atoms with van der Waals surface area (Å²) in [6, 6.07) is 11.7. The van der Waals surface area contributed by atoms with Crippen LogP contribution < -0.4 is 0 Å². The molecular formula is C22H21F3INO4. The molecule has 2 aromatic carbocycles. The Morgan fingerprint density at radius 2 is 1.94 bits per heavy atom. The second-order valence-electron chi connectivity index (χ2n) is 7.32. The summed E-state index contributed by atoms with van der Waals surface area (Å²) in [7, 11) is 0. The molecule has 2 amide bonds. The van der Waals surface area contributed by atoms with Crippen molar-refractivity contribution in [3.63, 3.8) is 0 Å². The second kappa shape index (κ2) is 9.56. The number of cyclic esters (lactones) is 1. The minimum atomic E-state index is -4.58. The first kappa shape index (κ1) is 23.5. The number of aliphatic hydroxyl groups excluding tert-OH is 1. The zero-order valence-electron chi connectivity index (χ0n) is 16.6. The third kappa shape index (κ3) is 5.20. The maximum Gasteiger partial charge on any atom is 0.416 e. The zero-order chi connectivity index (χ0) is 22.8. The molecule has 0 saturated carbocycles. The zero-order valence-corrected chi connectivity index (χ0v) is 18.8. The third-order valence-corrected chi connectivity index (χ3v) is 6.28. The van der Waals surface area contributed by atoms with E-state index in [1.54, 1.807) is 6.92 Å². The topological polar surface area (TPSA) is 66.8 Å². The predicted molar refractivity (Wildman–Crippen MR) is 115 cm³/mol. The van der Waals surface area contributed by atoms with E-state index in [2.05, 4.69) is 0 Å². The molecule has 0 bridgehead atoms. The molecule has 2 aromatic rings. The van der Waals surface area contributed by atoms with Gasteiger partial charge in [-0.2, -0.15) is 13.2 Å². The van der Waals surface area contributed by atoms with Crippen LogP contribution in [-0.4, -0.2) is 34.7 Å². The van der Waals surface area contributed by atoms with Crippen LogP contribution in [0.15, 0.2) is 48.5 Å². The Morgan fingerprint density at radius 3 is 2.55 bits per heavy atom. The molecule has 0 aromatic heterocycles. The predicted octanol–water partition coefficient (Wildman–Crippen LogP) is 4.96. The van der Waals surface area contributed by atoms with Gasteiger partial charge in [0, 0.05) is 3.57 Å². The van der Waals surface area contributed by atoms with Crippen molar-refractivity contribution in [3.8, 4) is 0 Å². The van der Waals surface area contributed by atoms with Gasteiger partial charge in [0.25, 0.3) is 0 Å². The fraction of sp³-hybridized carbons (Fsp3) is 0.364. The first-order valence-electron chi connectivity index (χ1n) is 9.72. The van der Waals surface area contributed by atoms with Crippen molar-refractivity contribution in [1.82, 2.24) is 4.90 Å². The van der Waals surface area contributed by atoms with Crippen LogP contribution in [-0.2, 0) is 22.1 Å². The van der Waals surface area contributed by atoms with Crippen molar-refractivity contribution in [3.05, 3.63) is 68.8 Å². The fourth-order valence-corrected chi connectivity index (χ4v) is 4.30. The third-order valence-electron chi connectivity index (χ3n) is 5.29. The Balaban J connectivity index is 1.87. The van der Waals surface area contributed by atoms with Gasteiger partial charge in [-0.3, -0.25) is 4.79 Å². The maximum atomic E-state index is 13.2. The molecule has 1 saturated heterocycles. The Hall–Kier alpha value is -2.14. The lowest BCUT2D eigenvalue weighted by molar-refractivity contribution is -0.137. The van der Waals surface area contributed by atoms with Gasteiger partial charge in [-0.05, 0) is 64.8 Å². The molecule has 0 aliphatic carbocycles. The van der Waals surface area contributed by atoms with Gasteiger partial charge in [0.15, 0.2) is 0 Å². The molecule has 1 aliphatic rings. The van der Waals surface area contributed by atoms with Gasteiger partial charge in [0.2, 0.25) is 5.91 Å². The molecule has 5 nitrogen and oxygen atoms in total. The van der Waals surface area contributed by atoms with Gasteiger partial charge in [-0.15, -0.1) is 0 Å². The van der Waals surface area contributed by atoms with Crippen LogP contribution in [0.3, 0.4) is 0 Å². The summed E-state index contributed by atoms with van der Waals surface area (Å²) < 4.78 is 44.9. The number of ether oxygens (including phenoxy) is 1. The monoisotopic (exact) mass is 547 g/mol. The van der Waals surface area contributed by atoms with Crippen LogP contribution in [0.4, 0.5) is 18.0 Å². The quantitative estimate of drug-likeness (QED) is 0.520. The van der Waals surface area contributed by atoms with Crippen molar-refractivity contribution in [1.29, 1.82) is 0 Å². The highest BCUT2D eigenvalue weighted by molar-refractivity contribution is 14.1. The van der Waals surface area contributed by atoms with E-state index in [9.17, 15) is 27.9 Å². The molecule has 1 heterocycles. The van der Waals surface area contributed by atoms with Crippen LogP contribution in [0.25, 0.3) is 0 Å². The minimum Gasteiger partial charge on any atom is -0.447 e. The lowest BCUT2D eigenvalue weighted by Gasteiger charge is -2.28. The normalized spacial score (nSPS) is 18.6. The molecular weight excluding hydrogens is 526 g/mol. The van der Waals surface area contributed by atoms with Crippen LogP contribution >= 0.6 is 22.6 Å². The molecule has 1 aliphatic heterocycles. The van der Waals surface area contributed by atoms with Gasteiger partial charge in [-0.25, -0.2) is 9.69 Å². The molecule has 0 spiro atoms. The number of halogens is 4. The standard InChI is InChI=1S/C22H21F3INO4/c1-2-16(19(28)17-11-14(22(23,24)25)8-9-18(17)26)20(29)27-15(12-31-21(27)30)10-13-6-4-3-5-7-13/h3-9,11,15-16,19,28H,2,10,12H2,1H3/t15-,16+,19-/m0/s1. The molecule has 1 fully saturated rings. The first-order chi connectivity index (χ1) is 14.6. The molecule has 3 atom stereocenters. The summed E-state index contributed by atoms with van der Waals surface area (Å²) in [4.78, 5) is 26.5. The summed E-state index contributed by atoms with van der Waals surface area (Å²) in [5, 5.41) is 10.9. The number of hydrogen-bond donors (Lipinski definition) is 1. The van der Waals surface area contributed by atoms with E-state index in [-0.39, 0.29) is 18.6 Å². The number of amides is 2. The SMILES string of the molecule is CC[C@@H](C(=O)N1C(=O)OC[C@@H]1Cc1ccccc1)[C@H](O)c1cc(C(F)(F)F)ccc1I. The number of alkyl halides is 3. The first-order valence-corrected chi connectivity index (χ1v) is 10.8. The molecule has 31 heavy (non-hydrogen) atoms. The summed E-state index contributed by atoms with van der Waals surface area (Å²) in [6.45, 7) is 1.66. The van der Waals surface area contributed by atoms with Gasteiger partial charge >= 0.3 is 12.3 Å². The molecule has 0 unspecified atom stereocenters.